The van der Waals surface area contributed by atoms with E-state index in [4.69, 9.17) is 11.6 Å². The molecule has 0 atom stereocenters. The first-order valence-corrected chi connectivity index (χ1v) is 5.95. The Morgan fingerprint density at radius 1 is 1.28 bits per heavy atom. The quantitative estimate of drug-likeness (QED) is 0.896. The molecule has 0 spiro atoms. The fourth-order valence-electron chi connectivity index (χ4n) is 1.75. The zero-order chi connectivity index (χ0) is 13.1. The molecule has 4 heteroatoms. The van der Waals surface area contributed by atoms with E-state index in [-0.39, 0.29) is 5.91 Å². The molecule has 1 heterocycles. The molecule has 1 N–H and O–H groups in total. The van der Waals surface area contributed by atoms with E-state index in [9.17, 15) is 4.79 Å². The first kappa shape index (κ1) is 12.6. The maximum atomic E-state index is 12.0. The highest BCUT2D eigenvalue weighted by molar-refractivity contribution is 6.34. The third-order valence-corrected chi connectivity index (χ3v) is 2.87. The van der Waals surface area contributed by atoms with Crippen molar-refractivity contribution in [3.05, 3.63) is 58.4 Å². The molecule has 1 amide bonds. The molecule has 0 saturated heterocycles. The molecule has 3 nitrogen and oxygen atoms in total. The van der Waals surface area contributed by atoms with Gasteiger partial charge in [0, 0.05) is 6.20 Å². The summed E-state index contributed by atoms with van der Waals surface area (Å²) < 4.78 is 0. The zero-order valence-electron chi connectivity index (χ0n) is 10.2. The van der Waals surface area contributed by atoms with Crippen molar-refractivity contribution in [2.24, 2.45) is 0 Å². The SMILES string of the molecule is Cc1cc(C)c(NC(=O)c2ccccn2)c(Cl)c1. The third kappa shape index (κ3) is 2.68. The van der Waals surface area contributed by atoms with Crippen LogP contribution >= 0.6 is 11.6 Å². The van der Waals surface area contributed by atoms with Crippen LogP contribution in [0, 0.1) is 13.8 Å². The van der Waals surface area contributed by atoms with Crippen molar-refractivity contribution in [2.75, 3.05) is 5.32 Å². The molecule has 2 aromatic rings. The van der Waals surface area contributed by atoms with E-state index in [2.05, 4.69) is 10.3 Å². The van der Waals surface area contributed by atoms with Crippen molar-refractivity contribution in [3.63, 3.8) is 0 Å². The van der Waals surface area contributed by atoms with E-state index in [1.165, 1.54) is 0 Å². The summed E-state index contributed by atoms with van der Waals surface area (Å²) in [5, 5.41) is 3.33. The lowest BCUT2D eigenvalue weighted by Crippen LogP contribution is -2.14. The van der Waals surface area contributed by atoms with Gasteiger partial charge in [0.1, 0.15) is 5.69 Å². The number of nitrogens with one attached hydrogen (secondary N) is 1. The Hall–Kier alpha value is -1.87. The van der Waals surface area contributed by atoms with Crippen LogP contribution in [0.1, 0.15) is 21.6 Å². The van der Waals surface area contributed by atoms with Crippen molar-refractivity contribution in [3.8, 4) is 0 Å². The second kappa shape index (κ2) is 5.19. The lowest BCUT2D eigenvalue weighted by molar-refractivity contribution is 0.102. The Morgan fingerprint density at radius 2 is 2.06 bits per heavy atom. The van der Waals surface area contributed by atoms with Crippen molar-refractivity contribution in [1.29, 1.82) is 0 Å². The van der Waals surface area contributed by atoms with Gasteiger partial charge in [-0.25, -0.2) is 0 Å². The summed E-state index contributed by atoms with van der Waals surface area (Å²) in [5.74, 6) is -0.260. The van der Waals surface area contributed by atoms with E-state index in [1.54, 1.807) is 24.4 Å². The van der Waals surface area contributed by atoms with Crippen molar-refractivity contribution in [1.82, 2.24) is 4.98 Å². The van der Waals surface area contributed by atoms with Crippen LogP contribution in [-0.4, -0.2) is 10.9 Å². The zero-order valence-corrected chi connectivity index (χ0v) is 11.0. The second-order valence-electron chi connectivity index (χ2n) is 4.11. The third-order valence-electron chi connectivity index (χ3n) is 2.57. The minimum absolute atomic E-state index is 0.260. The fraction of sp³-hybridized carbons (Fsp3) is 0.143. The van der Waals surface area contributed by atoms with Gasteiger partial charge in [0.25, 0.3) is 5.91 Å². The Balaban J connectivity index is 2.28. The largest absolute Gasteiger partial charge is 0.319 e. The van der Waals surface area contributed by atoms with Gasteiger partial charge in [0.05, 0.1) is 10.7 Å². The van der Waals surface area contributed by atoms with Crippen LogP contribution in [0.3, 0.4) is 0 Å². The minimum atomic E-state index is -0.260. The summed E-state index contributed by atoms with van der Waals surface area (Å²) >= 11 is 6.13. The highest BCUT2D eigenvalue weighted by atomic mass is 35.5. The fourth-order valence-corrected chi connectivity index (χ4v) is 2.12. The Bertz CT molecular complexity index is 559. The van der Waals surface area contributed by atoms with Gasteiger partial charge < -0.3 is 5.32 Å². The van der Waals surface area contributed by atoms with Gasteiger partial charge in [-0.3, -0.25) is 9.78 Å². The molecule has 0 radical (unpaired) electrons. The number of amides is 1. The van der Waals surface area contributed by atoms with Gasteiger partial charge in [0.15, 0.2) is 0 Å². The van der Waals surface area contributed by atoms with Crippen molar-refractivity contribution in [2.45, 2.75) is 13.8 Å². The molecule has 0 fully saturated rings. The number of pyridine rings is 1. The van der Waals surface area contributed by atoms with E-state index in [0.717, 1.165) is 11.1 Å². The molecule has 0 saturated carbocycles. The number of benzene rings is 1. The highest BCUT2D eigenvalue weighted by Crippen LogP contribution is 2.27. The van der Waals surface area contributed by atoms with E-state index < -0.39 is 0 Å². The molecule has 0 aliphatic heterocycles. The summed E-state index contributed by atoms with van der Waals surface area (Å²) in [4.78, 5) is 16.0. The molecule has 0 aliphatic rings. The van der Waals surface area contributed by atoms with Crippen molar-refractivity contribution >= 4 is 23.2 Å². The average molecular weight is 261 g/mol. The number of hydrogen-bond donors (Lipinski definition) is 1. The first-order chi connectivity index (χ1) is 8.58. The second-order valence-corrected chi connectivity index (χ2v) is 4.51. The molecule has 1 aromatic carbocycles. The number of halogens is 1. The smallest absolute Gasteiger partial charge is 0.274 e. The predicted molar refractivity (Wildman–Crippen MR) is 73.1 cm³/mol. The lowest BCUT2D eigenvalue weighted by Gasteiger charge is -2.11. The van der Waals surface area contributed by atoms with Gasteiger partial charge in [-0.2, -0.15) is 0 Å². The number of aromatic nitrogens is 1. The normalized spacial score (nSPS) is 10.2. The summed E-state index contributed by atoms with van der Waals surface area (Å²) in [5.41, 5.74) is 3.00. The van der Waals surface area contributed by atoms with Gasteiger partial charge in [-0.15, -0.1) is 0 Å². The summed E-state index contributed by atoms with van der Waals surface area (Å²) in [6.45, 7) is 3.87. The maximum absolute atomic E-state index is 12.0. The van der Waals surface area contributed by atoms with Gasteiger partial charge >= 0.3 is 0 Å². The monoisotopic (exact) mass is 260 g/mol. The van der Waals surface area contributed by atoms with Crippen LogP contribution in [0.15, 0.2) is 36.5 Å². The lowest BCUT2D eigenvalue weighted by atomic mass is 10.1. The molecule has 92 valence electrons. The maximum Gasteiger partial charge on any atom is 0.274 e. The Kier molecular flexibility index (Phi) is 3.63. The van der Waals surface area contributed by atoms with Crippen LogP contribution in [-0.2, 0) is 0 Å². The number of anilines is 1. The van der Waals surface area contributed by atoms with Gasteiger partial charge in [-0.1, -0.05) is 23.7 Å². The van der Waals surface area contributed by atoms with Crippen LogP contribution < -0.4 is 5.32 Å². The predicted octanol–water partition coefficient (Wildman–Crippen LogP) is 3.60. The standard InChI is InChI=1S/C14H13ClN2O/c1-9-7-10(2)13(11(15)8-9)17-14(18)12-5-3-4-6-16-12/h3-8H,1-2H3,(H,17,18). The number of rotatable bonds is 2. The topological polar surface area (TPSA) is 42.0 Å². The molecule has 2 rings (SSSR count). The number of nitrogens with zero attached hydrogens (tertiary/aromatic N) is 1. The number of hydrogen-bond acceptors (Lipinski definition) is 2. The van der Waals surface area contributed by atoms with Crippen LogP contribution in [0.5, 0.6) is 0 Å². The number of aryl methyl sites for hydroxylation is 2. The van der Waals surface area contributed by atoms with Crippen LogP contribution in [0.25, 0.3) is 0 Å². The molecular formula is C14H13ClN2O. The summed E-state index contributed by atoms with van der Waals surface area (Å²) in [6.07, 6.45) is 1.58. The molecular weight excluding hydrogens is 248 g/mol. The Morgan fingerprint density at radius 3 is 2.67 bits per heavy atom. The summed E-state index contributed by atoms with van der Waals surface area (Å²) in [6, 6.07) is 8.99. The van der Waals surface area contributed by atoms with Gasteiger partial charge in [0.2, 0.25) is 0 Å². The highest BCUT2D eigenvalue weighted by Gasteiger charge is 2.11. The van der Waals surface area contributed by atoms with Gasteiger partial charge in [-0.05, 0) is 43.2 Å². The Labute approximate surface area is 111 Å². The van der Waals surface area contributed by atoms with E-state index >= 15 is 0 Å². The molecule has 0 unspecified atom stereocenters. The molecule has 0 bridgehead atoms. The molecule has 1 aromatic heterocycles. The molecule has 18 heavy (non-hydrogen) atoms. The first-order valence-electron chi connectivity index (χ1n) is 5.57. The van der Waals surface area contributed by atoms with Crippen LogP contribution in [0.4, 0.5) is 5.69 Å². The number of carbonyl (C=O) groups is 1. The van der Waals surface area contributed by atoms with Crippen LogP contribution in [0.2, 0.25) is 5.02 Å². The minimum Gasteiger partial charge on any atom is -0.319 e. The average Bonchev–Trinajstić information content (AvgIpc) is 2.34. The van der Waals surface area contributed by atoms with Crippen molar-refractivity contribution < 1.29 is 4.79 Å². The van der Waals surface area contributed by atoms with E-state index in [0.29, 0.717) is 16.4 Å². The summed E-state index contributed by atoms with van der Waals surface area (Å²) in [7, 11) is 0. The molecule has 0 aliphatic carbocycles. The number of carbonyl (C=O) groups excluding carboxylic acids is 1. The van der Waals surface area contributed by atoms with E-state index in [1.807, 2.05) is 26.0 Å².